The minimum atomic E-state index is 0. The molecular formula is C19H31Cl2N. The molecule has 0 saturated heterocycles. The van der Waals surface area contributed by atoms with E-state index >= 15 is 0 Å². The van der Waals surface area contributed by atoms with Gasteiger partial charge in [0.05, 0.1) is 0 Å². The van der Waals surface area contributed by atoms with E-state index in [1.54, 1.807) is 0 Å². The van der Waals surface area contributed by atoms with Crippen LogP contribution in [0.1, 0.15) is 69.4 Å². The molecular weight excluding hydrogens is 313 g/mol. The van der Waals surface area contributed by atoms with Crippen molar-refractivity contribution < 1.29 is 0 Å². The second-order valence-corrected chi connectivity index (χ2v) is 6.73. The molecule has 1 fully saturated rings. The van der Waals surface area contributed by atoms with Crippen molar-refractivity contribution in [3.05, 3.63) is 34.3 Å². The van der Waals surface area contributed by atoms with E-state index in [1.165, 1.54) is 56.2 Å². The minimum Gasteiger partial charge on any atom is -0.304 e. The Morgan fingerprint density at radius 2 is 1.77 bits per heavy atom. The van der Waals surface area contributed by atoms with Gasteiger partial charge in [-0.2, -0.15) is 0 Å². The monoisotopic (exact) mass is 343 g/mol. The normalized spacial score (nSPS) is 15.8. The predicted octanol–water partition coefficient (Wildman–Crippen LogP) is 6.08. The van der Waals surface area contributed by atoms with Crippen LogP contribution in [0.2, 0.25) is 5.02 Å². The Morgan fingerprint density at radius 3 is 2.36 bits per heavy atom. The number of halogens is 2. The SMILES string of the molecule is CCN(CC)CCCc1ccc(C2CCCCC2)c(Cl)c1.Cl. The summed E-state index contributed by atoms with van der Waals surface area (Å²) in [6, 6.07) is 6.82. The van der Waals surface area contributed by atoms with Crippen molar-refractivity contribution in [3.8, 4) is 0 Å². The van der Waals surface area contributed by atoms with E-state index < -0.39 is 0 Å². The van der Waals surface area contributed by atoms with E-state index in [9.17, 15) is 0 Å². The average molecular weight is 344 g/mol. The van der Waals surface area contributed by atoms with Gasteiger partial charge >= 0.3 is 0 Å². The summed E-state index contributed by atoms with van der Waals surface area (Å²) in [6.07, 6.45) is 9.14. The maximum Gasteiger partial charge on any atom is 0.0443 e. The van der Waals surface area contributed by atoms with Gasteiger partial charge < -0.3 is 4.90 Å². The van der Waals surface area contributed by atoms with Gasteiger partial charge in [-0.15, -0.1) is 12.4 Å². The molecule has 0 atom stereocenters. The summed E-state index contributed by atoms with van der Waals surface area (Å²) in [5.74, 6) is 0.705. The summed E-state index contributed by atoms with van der Waals surface area (Å²) < 4.78 is 0. The zero-order valence-corrected chi connectivity index (χ0v) is 15.7. The Hall–Kier alpha value is -0.240. The molecule has 126 valence electrons. The van der Waals surface area contributed by atoms with E-state index in [1.807, 2.05) is 0 Å². The Morgan fingerprint density at radius 1 is 1.09 bits per heavy atom. The van der Waals surface area contributed by atoms with Gasteiger partial charge in [0.1, 0.15) is 0 Å². The summed E-state index contributed by atoms with van der Waals surface area (Å²) in [4.78, 5) is 2.48. The second kappa shape index (κ2) is 10.5. The summed E-state index contributed by atoms with van der Waals surface area (Å²) >= 11 is 6.55. The molecule has 0 bridgehead atoms. The highest BCUT2D eigenvalue weighted by atomic mass is 35.5. The van der Waals surface area contributed by atoms with Crippen LogP contribution in [0, 0.1) is 0 Å². The molecule has 1 aliphatic carbocycles. The van der Waals surface area contributed by atoms with E-state index in [-0.39, 0.29) is 12.4 Å². The summed E-state index contributed by atoms with van der Waals surface area (Å²) in [7, 11) is 0. The third-order valence-electron chi connectivity index (χ3n) is 4.94. The number of rotatable bonds is 7. The molecule has 0 radical (unpaired) electrons. The number of nitrogens with zero attached hydrogens (tertiary/aromatic N) is 1. The molecule has 0 amide bonds. The Kier molecular flexibility index (Phi) is 9.47. The highest BCUT2D eigenvalue weighted by Crippen LogP contribution is 2.36. The molecule has 1 aromatic carbocycles. The molecule has 0 aromatic heterocycles. The van der Waals surface area contributed by atoms with Gasteiger partial charge in [-0.1, -0.05) is 56.8 Å². The molecule has 22 heavy (non-hydrogen) atoms. The Labute approximate surface area is 147 Å². The van der Waals surface area contributed by atoms with Crippen molar-refractivity contribution in [1.29, 1.82) is 0 Å². The van der Waals surface area contributed by atoms with Crippen LogP contribution in [0.4, 0.5) is 0 Å². The van der Waals surface area contributed by atoms with Crippen molar-refractivity contribution >= 4 is 24.0 Å². The molecule has 0 heterocycles. The number of benzene rings is 1. The molecule has 0 N–H and O–H groups in total. The van der Waals surface area contributed by atoms with Gasteiger partial charge in [0.25, 0.3) is 0 Å². The molecule has 3 heteroatoms. The molecule has 1 aromatic rings. The Balaban J connectivity index is 0.00000242. The lowest BCUT2D eigenvalue weighted by atomic mass is 9.84. The van der Waals surface area contributed by atoms with Gasteiger partial charge in [0, 0.05) is 5.02 Å². The number of hydrogen-bond acceptors (Lipinski definition) is 1. The highest BCUT2D eigenvalue weighted by Gasteiger charge is 2.18. The van der Waals surface area contributed by atoms with Gasteiger partial charge in [0.15, 0.2) is 0 Å². The Bertz CT molecular complexity index is 423. The molecule has 1 nitrogen and oxygen atoms in total. The van der Waals surface area contributed by atoms with Crippen LogP contribution in [0.3, 0.4) is 0 Å². The van der Waals surface area contributed by atoms with Crippen LogP contribution in [-0.2, 0) is 6.42 Å². The third kappa shape index (κ3) is 5.76. The maximum absolute atomic E-state index is 6.55. The fourth-order valence-corrected chi connectivity index (χ4v) is 3.87. The van der Waals surface area contributed by atoms with Crippen LogP contribution >= 0.6 is 24.0 Å². The lowest BCUT2D eigenvalue weighted by Crippen LogP contribution is -2.24. The summed E-state index contributed by atoms with van der Waals surface area (Å²) in [6.45, 7) is 7.96. The smallest absolute Gasteiger partial charge is 0.0443 e. The first-order valence-corrected chi connectivity index (χ1v) is 9.13. The van der Waals surface area contributed by atoms with Gasteiger partial charge in [0.2, 0.25) is 0 Å². The van der Waals surface area contributed by atoms with Crippen molar-refractivity contribution in [2.45, 2.75) is 64.7 Å². The van der Waals surface area contributed by atoms with Crippen LogP contribution < -0.4 is 0 Å². The molecule has 1 aliphatic rings. The molecule has 0 aliphatic heterocycles. The molecule has 0 unspecified atom stereocenters. The number of hydrogen-bond donors (Lipinski definition) is 0. The minimum absolute atomic E-state index is 0. The largest absolute Gasteiger partial charge is 0.304 e. The van der Waals surface area contributed by atoms with E-state index in [0.29, 0.717) is 5.92 Å². The van der Waals surface area contributed by atoms with Crippen molar-refractivity contribution in [2.24, 2.45) is 0 Å². The highest BCUT2D eigenvalue weighted by molar-refractivity contribution is 6.31. The lowest BCUT2D eigenvalue weighted by Gasteiger charge is -2.23. The third-order valence-corrected chi connectivity index (χ3v) is 5.27. The van der Waals surface area contributed by atoms with Crippen molar-refractivity contribution in [3.63, 3.8) is 0 Å². The van der Waals surface area contributed by atoms with Gasteiger partial charge in [-0.05, 0) is 68.4 Å². The quantitative estimate of drug-likeness (QED) is 0.579. The fraction of sp³-hybridized carbons (Fsp3) is 0.684. The van der Waals surface area contributed by atoms with Crippen molar-refractivity contribution in [2.75, 3.05) is 19.6 Å². The van der Waals surface area contributed by atoms with E-state index in [2.05, 4.69) is 36.9 Å². The first kappa shape index (κ1) is 19.8. The van der Waals surface area contributed by atoms with Crippen molar-refractivity contribution in [1.82, 2.24) is 4.90 Å². The predicted molar refractivity (Wildman–Crippen MR) is 101 cm³/mol. The first-order chi connectivity index (χ1) is 10.2. The lowest BCUT2D eigenvalue weighted by molar-refractivity contribution is 0.300. The van der Waals surface area contributed by atoms with Crippen LogP contribution in [0.5, 0.6) is 0 Å². The molecule has 1 saturated carbocycles. The zero-order chi connectivity index (χ0) is 15.1. The zero-order valence-electron chi connectivity index (χ0n) is 14.1. The van der Waals surface area contributed by atoms with Crippen LogP contribution in [0.15, 0.2) is 18.2 Å². The molecule has 0 spiro atoms. The van der Waals surface area contributed by atoms with Gasteiger partial charge in [-0.25, -0.2) is 0 Å². The summed E-state index contributed by atoms with van der Waals surface area (Å²) in [5, 5.41) is 1.00. The van der Waals surface area contributed by atoms with Crippen LogP contribution in [0.25, 0.3) is 0 Å². The van der Waals surface area contributed by atoms with E-state index in [0.717, 1.165) is 24.5 Å². The first-order valence-electron chi connectivity index (χ1n) is 8.75. The van der Waals surface area contributed by atoms with E-state index in [4.69, 9.17) is 11.6 Å². The number of aryl methyl sites for hydroxylation is 1. The molecule has 2 rings (SSSR count). The van der Waals surface area contributed by atoms with Crippen LogP contribution in [-0.4, -0.2) is 24.5 Å². The maximum atomic E-state index is 6.55. The average Bonchev–Trinajstić information content (AvgIpc) is 2.52. The fourth-order valence-electron chi connectivity index (χ4n) is 3.52. The van der Waals surface area contributed by atoms with Gasteiger partial charge in [-0.3, -0.25) is 0 Å². The second-order valence-electron chi connectivity index (χ2n) is 6.32. The standard InChI is InChI=1S/C19H30ClN.ClH/c1-3-21(4-2)14-8-9-16-12-13-18(19(20)15-16)17-10-6-5-7-11-17;/h12-13,15,17H,3-11,14H2,1-2H3;1H. The summed E-state index contributed by atoms with van der Waals surface area (Å²) in [5.41, 5.74) is 2.79. The topological polar surface area (TPSA) is 3.24 Å².